The third kappa shape index (κ3) is 4.05. The summed E-state index contributed by atoms with van der Waals surface area (Å²) < 4.78 is 0. The van der Waals surface area contributed by atoms with Gasteiger partial charge in [0.25, 0.3) is 5.91 Å². The lowest BCUT2D eigenvalue weighted by Gasteiger charge is -2.54. The molecule has 4 fully saturated rings. The molecule has 1 unspecified atom stereocenters. The average Bonchev–Trinajstić information content (AvgIpc) is 3.21. The number of rotatable bonds is 4. The minimum absolute atomic E-state index is 0.0426. The monoisotopic (exact) mass is 501 g/mol. The minimum Gasteiger partial charge on any atom is -0.348 e. The Hall–Kier alpha value is -1.75. The van der Waals surface area contributed by atoms with Gasteiger partial charge in [-0.05, 0) is 91.7 Å². The standard InChI is InChI=1S/C26H26Cl3N3O/c27-19-3-1-16(2-4-19)24-13-22(31-32(24)23-6-5-20(28)12-21(23)29)26(33)30-25-17-8-14-7-15(10-17)11-18(25)9-14/h1-6,12,14-15,17-18,24-25H,7-11,13H2,(H,30,33). The largest absolute Gasteiger partial charge is 0.348 e. The number of hydrogen-bond acceptors (Lipinski definition) is 3. The van der Waals surface area contributed by atoms with Gasteiger partial charge >= 0.3 is 0 Å². The Kier molecular flexibility index (Phi) is 5.59. The lowest BCUT2D eigenvalue weighted by atomic mass is 9.54. The van der Waals surface area contributed by atoms with Gasteiger partial charge in [0.15, 0.2) is 0 Å². The molecule has 1 aliphatic heterocycles. The molecular weight excluding hydrogens is 477 g/mol. The van der Waals surface area contributed by atoms with Crippen molar-refractivity contribution < 1.29 is 4.79 Å². The highest BCUT2D eigenvalue weighted by Crippen LogP contribution is 2.53. The average molecular weight is 503 g/mol. The Balaban J connectivity index is 1.27. The molecule has 1 N–H and O–H groups in total. The van der Waals surface area contributed by atoms with Crippen LogP contribution in [-0.4, -0.2) is 17.7 Å². The van der Waals surface area contributed by atoms with Crippen LogP contribution in [0.25, 0.3) is 0 Å². The van der Waals surface area contributed by atoms with Crippen LogP contribution >= 0.6 is 34.8 Å². The fourth-order valence-electron chi connectivity index (χ4n) is 6.88. The van der Waals surface area contributed by atoms with E-state index in [0.29, 0.717) is 39.0 Å². The van der Waals surface area contributed by atoms with Crippen LogP contribution in [0.5, 0.6) is 0 Å². The number of nitrogens with zero attached hydrogens (tertiary/aromatic N) is 2. The summed E-state index contributed by atoms with van der Waals surface area (Å²) in [7, 11) is 0. The maximum Gasteiger partial charge on any atom is 0.267 e. The van der Waals surface area contributed by atoms with E-state index in [2.05, 4.69) is 5.32 Å². The number of nitrogens with one attached hydrogen (secondary N) is 1. The predicted octanol–water partition coefficient (Wildman–Crippen LogP) is 6.90. The molecule has 5 aliphatic rings. The summed E-state index contributed by atoms with van der Waals surface area (Å²) in [6.45, 7) is 0. The fraction of sp³-hybridized carbons (Fsp3) is 0.462. The van der Waals surface area contributed by atoms with E-state index < -0.39 is 0 Å². The van der Waals surface area contributed by atoms with E-state index in [4.69, 9.17) is 39.9 Å². The van der Waals surface area contributed by atoms with Crippen molar-refractivity contribution >= 4 is 52.1 Å². The van der Waals surface area contributed by atoms with Crippen LogP contribution in [0.15, 0.2) is 47.6 Å². The van der Waals surface area contributed by atoms with Gasteiger partial charge in [0, 0.05) is 22.5 Å². The second-order valence-electron chi connectivity index (χ2n) is 10.2. The highest BCUT2D eigenvalue weighted by atomic mass is 35.5. The zero-order valence-electron chi connectivity index (χ0n) is 18.2. The van der Waals surface area contributed by atoms with Crippen LogP contribution in [0, 0.1) is 23.7 Å². The molecule has 4 bridgehead atoms. The maximum absolute atomic E-state index is 13.4. The number of amides is 1. The Labute approximate surface area is 209 Å². The van der Waals surface area contributed by atoms with Crippen molar-refractivity contribution in [2.75, 3.05) is 5.01 Å². The van der Waals surface area contributed by atoms with Crippen LogP contribution in [0.4, 0.5) is 5.69 Å². The molecule has 7 rings (SSSR count). The van der Waals surface area contributed by atoms with Crippen molar-refractivity contribution in [3.63, 3.8) is 0 Å². The van der Waals surface area contributed by atoms with Crippen LogP contribution in [0.2, 0.25) is 15.1 Å². The third-order valence-electron chi connectivity index (χ3n) is 8.11. The molecule has 33 heavy (non-hydrogen) atoms. The topological polar surface area (TPSA) is 44.7 Å². The van der Waals surface area contributed by atoms with Crippen LogP contribution < -0.4 is 10.3 Å². The zero-order valence-corrected chi connectivity index (χ0v) is 20.5. The summed E-state index contributed by atoms with van der Waals surface area (Å²) in [6.07, 6.45) is 6.99. The van der Waals surface area contributed by atoms with Crippen LogP contribution in [0.1, 0.15) is 50.1 Å². The van der Waals surface area contributed by atoms with E-state index in [1.54, 1.807) is 12.1 Å². The third-order valence-corrected chi connectivity index (χ3v) is 8.90. The number of anilines is 1. The first kappa shape index (κ1) is 21.8. The minimum atomic E-state index is -0.139. The second kappa shape index (κ2) is 8.48. The van der Waals surface area contributed by atoms with Crippen molar-refractivity contribution in [2.24, 2.45) is 28.8 Å². The van der Waals surface area contributed by atoms with Gasteiger partial charge in [-0.1, -0.05) is 46.9 Å². The molecular formula is C26H26Cl3N3O. The molecule has 0 spiro atoms. The van der Waals surface area contributed by atoms with E-state index in [9.17, 15) is 4.79 Å². The summed E-state index contributed by atoms with van der Waals surface area (Å²) in [4.78, 5) is 13.4. The summed E-state index contributed by atoms with van der Waals surface area (Å²) in [5.74, 6) is 2.96. The normalized spacial score (nSPS) is 32.2. The Morgan fingerprint density at radius 1 is 0.879 bits per heavy atom. The molecule has 0 aromatic heterocycles. The van der Waals surface area contributed by atoms with Crippen molar-refractivity contribution in [1.29, 1.82) is 0 Å². The Morgan fingerprint density at radius 3 is 2.15 bits per heavy atom. The number of hydrogen-bond donors (Lipinski definition) is 1. The lowest BCUT2D eigenvalue weighted by molar-refractivity contribution is -0.118. The van der Waals surface area contributed by atoms with Crippen molar-refractivity contribution in [3.8, 4) is 0 Å². The molecule has 1 atom stereocenters. The number of halogens is 3. The van der Waals surface area contributed by atoms with Gasteiger partial charge < -0.3 is 5.32 Å². The molecule has 7 heteroatoms. The molecule has 0 radical (unpaired) electrons. The van der Waals surface area contributed by atoms with Gasteiger partial charge in [-0.3, -0.25) is 9.80 Å². The van der Waals surface area contributed by atoms with Gasteiger partial charge in [-0.2, -0.15) is 5.10 Å². The summed E-state index contributed by atoms with van der Waals surface area (Å²) in [5, 5.41) is 11.8. The smallest absolute Gasteiger partial charge is 0.267 e. The lowest BCUT2D eigenvalue weighted by Crippen LogP contribution is -2.56. The quantitative estimate of drug-likeness (QED) is 0.494. The maximum atomic E-state index is 13.4. The first-order chi connectivity index (χ1) is 15.9. The summed E-state index contributed by atoms with van der Waals surface area (Å²) >= 11 is 18.8. The Bertz CT molecular complexity index is 1090. The van der Waals surface area contributed by atoms with Gasteiger partial charge in [0.2, 0.25) is 0 Å². The van der Waals surface area contributed by atoms with Crippen LogP contribution in [-0.2, 0) is 4.79 Å². The molecule has 2 aromatic carbocycles. The highest BCUT2D eigenvalue weighted by molar-refractivity contribution is 6.40. The Morgan fingerprint density at radius 2 is 1.52 bits per heavy atom. The van der Waals surface area contributed by atoms with E-state index in [1.165, 1.54) is 32.1 Å². The van der Waals surface area contributed by atoms with Crippen molar-refractivity contribution in [2.45, 2.75) is 50.6 Å². The molecule has 172 valence electrons. The first-order valence-electron chi connectivity index (χ1n) is 11.8. The SMILES string of the molecule is O=C(NC1C2CC3CC(C2)CC1C3)C1=NN(c2ccc(Cl)cc2Cl)C(c2ccc(Cl)cc2)C1. The van der Waals surface area contributed by atoms with Crippen molar-refractivity contribution in [3.05, 3.63) is 63.1 Å². The number of hydrazone groups is 1. The van der Waals surface area contributed by atoms with Gasteiger partial charge in [0.1, 0.15) is 5.71 Å². The summed E-state index contributed by atoms with van der Waals surface area (Å²) in [6, 6.07) is 13.2. The molecule has 0 saturated heterocycles. The summed E-state index contributed by atoms with van der Waals surface area (Å²) in [5.41, 5.74) is 2.32. The zero-order chi connectivity index (χ0) is 22.7. The van der Waals surface area contributed by atoms with Gasteiger partial charge in [0.05, 0.1) is 16.8 Å². The van der Waals surface area contributed by atoms with Gasteiger partial charge in [-0.25, -0.2) is 0 Å². The van der Waals surface area contributed by atoms with Crippen LogP contribution in [0.3, 0.4) is 0 Å². The molecule has 4 nitrogen and oxygen atoms in total. The molecule has 2 aromatic rings. The van der Waals surface area contributed by atoms with E-state index in [-0.39, 0.29) is 18.0 Å². The number of benzene rings is 2. The molecule has 1 amide bonds. The molecule has 1 heterocycles. The van der Waals surface area contributed by atoms with E-state index in [0.717, 1.165) is 23.1 Å². The second-order valence-corrected chi connectivity index (χ2v) is 11.5. The highest BCUT2D eigenvalue weighted by Gasteiger charge is 2.49. The molecule has 4 aliphatic carbocycles. The van der Waals surface area contributed by atoms with Crippen molar-refractivity contribution in [1.82, 2.24) is 5.32 Å². The fourth-order valence-corrected chi connectivity index (χ4v) is 7.50. The molecule has 4 saturated carbocycles. The van der Waals surface area contributed by atoms with Gasteiger partial charge in [-0.15, -0.1) is 0 Å². The first-order valence-corrected chi connectivity index (χ1v) is 13.0. The number of carbonyl (C=O) groups is 1. The van der Waals surface area contributed by atoms with E-state index in [1.807, 2.05) is 35.3 Å². The van der Waals surface area contributed by atoms with E-state index >= 15 is 0 Å². The predicted molar refractivity (Wildman–Crippen MR) is 134 cm³/mol. The number of carbonyl (C=O) groups excluding carboxylic acids is 1.